The molecule has 0 aromatic heterocycles. The average molecular weight is 507 g/mol. The third kappa shape index (κ3) is 4.21. The summed E-state index contributed by atoms with van der Waals surface area (Å²) in [6, 6.07) is 35.5. The number of ether oxygens (including phenoxy) is 1. The molecule has 0 spiro atoms. The lowest BCUT2D eigenvalue weighted by molar-refractivity contribution is 0.0696. The van der Waals surface area contributed by atoms with E-state index in [2.05, 4.69) is 128 Å². The van der Waals surface area contributed by atoms with E-state index in [4.69, 9.17) is 4.74 Å². The summed E-state index contributed by atoms with van der Waals surface area (Å²) in [7, 11) is 0. The molecule has 1 saturated heterocycles. The topological polar surface area (TPSA) is 12.5 Å². The number of benzene rings is 4. The first-order valence-corrected chi connectivity index (χ1v) is 14.3. The second kappa shape index (κ2) is 10.1. The van der Waals surface area contributed by atoms with E-state index >= 15 is 0 Å². The molecule has 0 amide bonds. The van der Waals surface area contributed by atoms with Crippen molar-refractivity contribution in [3.05, 3.63) is 130 Å². The van der Waals surface area contributed by atoms with Crippen LogP contribution in [0.25, 0.3) is 34.4 Å². The van der Waals surface area contributed by atoms with Gasteiger partial charge in [-0.05, 0) is 58.4 Å². The van der Waals surface area contributed by atoms with Gasteiger partial charge in [-0.1, -0.05) is 120 Å². The molecule has 192 valence electrons. The molecule has 0 bridgehead atoms. The maximum absolute atomic E-state index is 5.85. The summed E-state index contributed by atoms with van der Waals surface area (Å²) in [5, 5.41) is 0. The molecule has 7 rings (SSSR count). The largest absolute Gasteiger partial charge is 0.379 e. The molecule has 4 aromatic carbocycles. The normalized spacial score (nSPS) is 20.3. The molecule has 2 aliphatic carbocycles. The SMILES string of the molecule is CC1=Cc2c(-c3ccccc3)cccc2C1B(C1C(C)=Cc2c(-c3ccccc3)cccc21)N1CCOCC1. The standard InChI is InChI=1S/C36H34BNO/c1-25-23-33-29(27-11-5-3-6-12-27)15-9-17-31(33)35(25)37(38-19-21-39-22-20-38)36-26(2)24-34-30(16-10-18-32(34)36)28-13-7-4-8-14-28/h3-18,23-24,35-36H,19-22H2,1-2H3. The highest BCUT2D eigenvalue weighted by atomic mass is 16.5. The van der Waals surface area contributed by atoms with Crippen molar-refractivity contribution in [1.82, 2.24) is 4.81 Å². The molecule has 2 nitrogen and oxygen atoms in total. The smallest absolute Gasteiger partial charge is 0.247 e. The monoisotopic (exact) mass is 507 g/mol. The molecule has 1 heterocycles. The van der Waals surface area contributed by atoms with Gasteiger partial charge in [0, 0.05) is 24.7 Å². The van der Waals surface area contributed by atoms with E-state index in [1.165, 1.54) is 55.7 Å². The second-order valence-corrected chi connectivity index (χ2v) is 11.2. The van der Waals surface area contributed by atoms with Gasteiger partial charge in [-0.2, -0.15) is 0 Å². The minimum absolute atomic E-state index is 0.334. The van der Waals surface area contributed by atoms with Crippen molar-refractivity contribution in [2.45, 2.75) is 25.5 Å². The maximum atomic E-state index is 5.85. The van der Waals surface area contributed by atoms with Gasteiger partial charge in [-0.3, -0.25) is 0 Å². The number of fused-ring (bicyclic) bond motifs is 2. The third-order valence-electron chi connectivity index (χ3n) is 8.99. The van der Waals surface area contributed by atoms with Crippen LogP contribution in [0.2, 0.25) is 0 Å². The Hall–Kier alpha value is -3.66. The van der Waals surface area contributed by atoms with Crippen LogP contribution >= 0.6 is 0 Å². The molecule has 0 saturated carbocycles. The first-order valence-electron chi connectivity index (χ1n) is 14.3. The Morgan fingerprint density at radius 3 is 1.51 bits per heavy atom. The lowest BCUT2D eigenvalue weighted by atomic mass is 9.37. The molecule has 4 aromatic rings. The summed E-state index contributed by atoms with van der Waals surface area (Å²) in [4.78, 5) is 2.72. The van der Waals surface area contributed by atoms with Crippen molar-refractivity contribution in [3.63, 3.8) is 0 Å². The third-order valence-corrected chi connectivity index (χ3v) is 8.99. The van der Waals surface area contributed by atoms with Crippen molar-refractivity contribution >= 4 is 19.0 Å². The van der Waals surface area contributed by atoms with E-state index in [0.717, 1.165) is 26.3 Å². The molecule has 3 heteroatoms. The van der Waals surface area contributed by atoms with Gasteiger partial charge in [-0.15, -0.1) is 0 Å². The van der Waals surface area contributed by atoms with Gasteiger partial charge >= 0.3 is 0 Å². The molecule has 2 atom stereocenters. The maximum Gasteiger partial charge on any atom is 0.247 e. The minimum atomic E-state index is 0.334. The van der Waals surface area contributed by atoms with Gasteiger partial charge in [0.25, 0.3) is 0 Å². The Bertz CT molecular complexity index is 1460. The number of rotatable bonds is 5. The summed E-state index contributed by atoms with van der Waals surface area (Å²) in [6.07, 6.45) is 4.93. The zero-order valence-electron chi connectivity index (χ0n) is 22.8. The number of nitrogens with zero attached hydrogens (tertiary/aromatic N) is 1. The zero-order chi connectivity index (χ0) is 26.3. The van der Waals surface area contributed by atoms with E-state index in [-0.39, 0.29) is 0 Å². The Kier molecular flexibility index (Phi) is 6.35. The van der Waals surface area contributed by atoms with Crippen LogP contribution in [0.4, 0.5) is 0 Å². The van der Waals surface area contributed by atoms with Crippen molar-refractivity contribution < 1.29 is 4.74 Å². The zero-order valence-corrected chi connectivity index (χ0v) is 22.8. The van der Waals surface area contributed by atoms with E-state index in [9.17, 15) is 0 Å². The van der Waals surface area contributed by atoms with Crippen LogP contribution in [-0.4, -0.2) is 38.0 Å². The fraction of sp³-hybridized carbons (Fsp3) is 0.222. The van der Waals surface area contributed by atoms with Gasteiger partial charge in [0.2, 0.25) is 6.85 Å². The van der Waals surface area contributed by atoms with Crippen LogP contribution in [0.15, 0.2) is 108 Å². The predicted octanol–water partition coefficient (Wildman–Crippen LogP) is 8.12. The lowest BCUT2D eigenvalue weighted by Gasteiger charge is -2.40. The highest BCUT2D eigenvalue weighted by Gasteiger charge is 2.46. The van der Waals surface area contributed by atoms with Gasteiger partial charge < -0.3 is 9.55 Å². The van der Waals surface area contributed by atoms with Crippen LogP contribution < -0.4 is 0 Å². The van der Waals surface area contributed by atoms with Crippen molar-refractivity contribution in [2.75, 3.05) is 26.3 Å². The summed E-state index contributed by atoms with van der Waals surface area (Å²) in [5.41, 5.74) is 13.9. The Morgan fingerprint density at radius 2 is 1.05 bits per heavy atom. The number of allylic oxidation sites excluding steroid dienone is 2. The fourth-order valence-electron chi connectivity index (χ4n) is 7.29. The van der Waals surface area contributed by atoms with E-state index in [0.29, 0.717) is 18.5 Å². The van der Waals surface area contributed by atoms with Gasteiger partial charge in [0.1, 0.15) is 0 Å². The Labute approximate surface area is 232 Å². The molecule has 0 N–H and O–H groups in total. The summed E-state index contributed by atoms with van der Waals surface area (Å²) in [6.45, 7) is 8.58. The van der Waals surface area contributed by atoms with Crippen LogP contribution in [-0.2, 0) is 4.74 Å². The summed E-state index contributed by atoms with van der Waals surface area (Å²) in [5.74, 6) is 0.669. The minimum Gasteiger partial charge on any atom is -0.379 e. The van der Waals surface area contributed by atoms with Crippen molar-refractivity contribution in [2.24, 2.45) is 0 Å². The molecule has 1 fully saturated rings. The van der Waals surface area contributed by atoms with Gasteiger partial charge in [-0.25, -0.2) is 0 Å². The fourth-order valence-corrected chi connectivity index (χ4v) is 7.29. The van der Waals surface area contributed by atoms with Gasteiger partial charge in [0.05, 0.1) is 13.2 Å². The number of morpholine rings is 1. The average Bonchev–Trinajstić information content (AvgIpc) is 3.50. The highest BCUT2D eigenvalue weighted by Crippen LogP contribution is 2.50. The second-order valence-electron chi connectivity index (χ2n) is 11.2. The molecule has 2 unspecified atom stereocenters. The van der Waals surface area contributed by atoms with Crippen LogP contribution in [0.1, 0.15) is 47.7 Å². The Morgan fingerprint density at radius 1 is 0.590 bits per heavy atom. The predicted molar refractivity (Wildman–Crippen MR) is 165 cm³/mol. The number of hydrogen-bond donors (Lipinski definition) is 0. The van der Waals surface area contributed by atoms with Crippen LogP contribution in [0, 0.1) is 0 Å². The molecule has 39 heavy (non-hydrogen) atoms. The van der Waals surface area contributed by atoms with Gasteiger partial charge in [0.15, 0.2) is 0 Å². The summed E-state index contributed by atoms with van der Waals surface area (Å²) < 4.78 is 5.85. The van der Waals surface area contributed by atoms with Crippen molar-refractivity contribution in [3.8, 4) is 22.3 Å². The highest BCUT2D eigenvalue weighted by molar-refractivity contribution is 6.62. The first kappa shape index (κ1) is 24.4. The first-order chi connectivity index (χ1) is 19.2. The lowest BCUT2D eigenvalue weighted by Crippen LogP contribution is -2.53. The van der Waals surface area contributed by atoms with Crippen LogP contribution in [0.3, 0.4) is 0 Å². The molecular formula is C36H34BNO. The van der Waals surface area contributed by atoms with E-state index < -0.39 is 0 Å². The Balaban J connectivity index is 1.37. The number of hydrogen-bond acceptors (Lipinski definition) is 2. The molecule has 0 radical (unpaired) electrons. The molecule has 1 aliphatic heterocycles. The quantitative estimate of drug-likeness (QED) is 0.253. The van der Waals surface area contributed by atoms with E-state index in [1.54, 1.807) is 0 Å². The molecule has 3 aliphatic rings. The van der Waals surface area contributed by atoms with Crippen LogP contribution in [0.5, 0.6) is 0 Å². The van der Waals surface area contributed by atoms with E-state index in [1.807, 2.05) is 0 Å². The molecular weight excluding hydrogens is 473 g/mol. The van der Waals surface area contributed by atoms with Crippen molar-refractivity contribution in [1.29, 1.82) is 0 Å². The summed E-state index contributed by atoms with van der Waals surface area (Å²) >= 11 is 0.